The van der Waals surface area contributed by atoms with Crippen molar-refractivity contribution in [2.45, 2.75) is 33.1 Å². The Bertz CT molecular complexity index is 315. The van der Waals surface area contributed by atoms with E-state index < -0.39 is 17.3 Å². The summed E-state index contributed by atoms with van der Waals surface area (Å²) in [4.78, 5) is 32.5. The Labute approximate surface area is 106 Å². The molecule has 18 heavy (non-hydrogen) atoms. The van der Waals surface area contributed by atoms with Crippen LogP contribution >= 0.6 is 0 Å². The molecule has 0 aliphatic carbocycles. The monoisotopic (exact) mass is 259 g/mol. The van der Waals surface area contributed by atoms with Crippen LogP contribution in [0.15, 0.2) is 0 Å². The Morgan fingerprint density at radius 2 is 1.78 bits per heavy atom. The molecule has 0 radical (unpaired) electrons. The van der Waals surface area contributed by atoms with Gasteiger partial charge in [0.15, 0.2) is 0 Å². The summed E-state index contributed by atoms with van der Waals surface area (Å²) in [6.07, 6.45) is 1.21. The summed E-state index contributed by atoms with van der Waals surface area (Å²) in [6, 6.07) is -0.389. The predicted molar refractivity (Wildman–Crippen MR) is 65.9 cm³/mol. The molecular weight excluding hydrogens is 238 g/mol. The largest absolute Gasteiger partial charge is 0.481 e. The summed E-state index contributed by atoms with van der Waals surface area (Å²) in [5.74, 6) is -1.33. The maximum atomic E-state index is 11.3. The molecule has 0 saturated carbocycles. The molecule has 0 aromatic rings. The molecular formula is C11H21N3O4. The van der Waals surface area contributed by atoms with Gasteiger partial charge in [-0.3, -0.25) is 9.59 Å². The first kappa shape index (κ1) is 16.2. The van der Waals surface area contributed by atoms with Crippen LogP contribution in [-0.2, 0) is 9.59 Å². The number of carbonyl (C=O) groups excluding carboxylic acids is 2. The number of carbonyl (C=O) groups is 3. The summed E-state index contributed by atoms with van der Waals surface area (Å²) in [5.41, 5.74) is 4.37. The first-order valence-corrected chi connectivity index (χ1v) is 5.79. The highest BCUT2D eigenvalue weighted by Gasteiger charge is 2.25. The van der Waals surface area contributed by atoms with Gasteiger partial charge in [-0.2, -0.15) is 0 Å². The summed E-state index contributed by atoms with van der Waals surface area (Å²) >= 11 is 0. The molecule has 7 heteroatoms. The number of aliphatic carboxylic acids is 1. The fourth-order valence-electron chi connectivity index (χ4n) is 1.05. The fourth-order valence-corrected chi connectivity index (χ4v) is 1.05. The van der Waals surface area contributed by atoms with Gasteiger partial charge < -0.3 is 21.5 Å². The van der Waals surface area contributed by atoms with Crippen molar-refractivity contribution in [3.8, 4) is 0 Å². The molecule has 0 rings (SSSR count). The van der Waals surface area contributed by atoms with Crippen LogP contribution in [0.2, 0.25) is 0 Å². The highest BCUT2D eigenvalue weighted by Crippen LogP contribution is 2.11. The van der Waals surface area contributed by atoms with Gasteiger partial charge in [-0.25, -0.2) is 4.79 Å². The maximum Gasteiger partial charge on any atom is 0.314 e. The van der Waals surface area contributed by atoms with Crippen LogP contribution in [0.4, 0.5) is 4.79 Å². The van der Waals surface area contributed by atoms with Crippen molar-refractivity contribution in [1.82, 2.24) is 10.6 Å². The molecule has 0 fully saturated rings. The number of nitrogens with two attached hydrogens (primary N) is 1. The van der Waals surface area contributed by atoms with E-state index in [0.29, 0.717) is 19.4 Å². The highest BCUT2D eigenvalue weighted by atomic mass is 16.4. The molecule has 3 amide bonds. The van der Waals surface area contributed by atoms with Crippen LogP contribution in [0.3, 0.4) is 0 Å². The number of nitrogens with one attached hydrogen (secondary N) is 2. The SMILES string of the molecule is CC(C)(CNC(=O)NCCCCC(=O)O)C(N)=O. The van der Waals surface area contributed by atoms with Gasteiger partial charge >= 0.3 is 12.0 Å². The van der Waals surface area contributed by atoms with E-state index in [9.17, 15) is 14.4 Å². The van der Waals surface area contributed by atoms with Crippen molar-refractivity contribution in [3.63, 3.8) is 0 Å². The molecule has 0 aliphatic rings. The van der Waals surface area contributed by atoms with Gasteiger partial charge in [-0.15, -0.1) is 0 Å². The van der Waals surface area contributed by atoms with Gasteiger partial charge in [0.2, 0.25) is 5.91 Å². The van der Waals surface area contributed by atoms with E-state index in [-0.39, 0.29) is 19.0 Å². The number of unbranched alkanes of at least 4 members (excludes halogenated alkanes) is 1. The Hall–Kier alpha value is -1.79. The van der Waals surface area contributed by atoms with Crippen molar-refractivity contribution >= 4 is 17.9 Å². The first-order valence-electron chi connectivity index (χ1n) is 5.79. The average Bonchev–Trinajstić information content (AvgIpc) is 2.25. The normalized spacial score (nSPS) is 10.8. The molecule has 0 atom stereocenters. The Morgan fingerprint density at radius 3 is 2.28 bits per heavy atom. The van der Waals surface area contributed by atoms with Crippen molar-refractivity contribution in [3.05, 3.63) is 0 Å². The average molecular weight is 259 g/mol. The second-order valence-electron chi connectivity index (χ2n) is 4.71. The van der Waals surface area contributed by atoms with Gasteiger partial charge in [-0.1, -0.05) is 0 Å². The lowest BCUT2D eigenvalue weighted by Crippen LogP contribution is -2.45. The van der Waals surface area contributed by atoms with Crippen molar-refractivity contribution < 1.29 is 19.5 Å². The second kappa shape index (κ2) is 7.52. The molecule has 0 aromatic heterocycles. The third-order valence-electron chi connectivity index (χ3n) is 2.46. The third-order valence-corrected chi connectivity index (χ3v) is 2.46. The maximum absolute atomic E-state index is 11.3. The molecule has 0 spiro atoms. The molecule has 0 aliphatic heterocycles. The van der Waals surface area contributed by atoms with Gasteiger partial charge in [-0.05, 0) is 26.7 Å². The molecule has 0 saturated heterocycles. The molecule has 0 aromatic carbocycles. The lowest BCUT2D eigenvalue weighted by Gasteiger charge is -2.20. The highest BCUT2D eigenvalue weighted by molar-refractivity contribution is 5.81. The molecule has 0 bridgehead atoms. The Kier molecular flexibility index (Phi) is 6.77. The summed E-state index contributed by atoms with van der Waals surface area (Å²) < 4.78 is 0. The standard InChI is InChI=1S/C11H21N3O4/c1-11(2,9(12)17)7-14-10(18)13-6-4-3-5-8(15)16/h3-7H2,1-2H3,(H2,12,17)(H,15,16)(H2,13,14,18). The van der Waals surface area contributed by atoms with Gasteiger partial charge in [0, 0.05) is 19.5 Å². The lowest BCUT2D eigenvalue weighted by atomic mass is 9.93. The summed E-state index contributed by atoms with van der Waals surface area (Å²) in [7, 11) is 0. The van der Waals surface area contributed by atoms with Gasteiger partial charge in [0.1, 0.15) is 0 Å². The quantitative estimate of drug-likeness (QED) is 0.460. The van der Waals surface area contributed by atoms with E-state index >= 15 is 0 Å². The number of urea groups is 1. The molecule has 0 heterocycles. The summed E-state index contributed by atoms with van der Waals surface area (Å²) in [6.45, 7) is 3.84. The first-order chi connectivity index (χ1) is 8.25. The number of primary amides is 1. The zero-order valence-electron chi connectivity index (χ0n) is 10.8. The number of rotatable bonds is 8. The zero-order valence-corrected chi connectivity index (χ0v) is 10.8. The predicted octanol–water partition coefficient (Wildman–Crippen LogP) is 0.0520. The molecule has 0 unspecified atom stereocenters. The van der Waals surface area contributed by atoms with Crippen LogP contribution < -0.4 is 16.4 Å². The number of hydrogen-bond donors (Lipinski definition) is 4. The van der Waals surface area contributed by atoms with E-state index in [2.05, 4.69) is 10.6 Å². The Morgan fingerprint density at radius 1 is 1.17 bits per heavy atom. The number of carboxylic acid groups (broad SMARTS) is 1. The van der Waals surface area contributed by atoms with Crippen molar-refractivity contribution in [1.29, 1.82) is 0 Å². The number of carboxylic acids is 1. The van der Waals surface area contributed by atoms with Gasteiger partial charge in [0.25, 0.3) is 0 Å². The van der Waals surface area contributed by atoms with E-state index in [1.54, 1.807) is 13.8 Å². The lowest BCUT2D eigenvalue weighted by molar-refractivity contribution is -0.137. The zero-order chi connectivity index (χ0) is 14.2. The van der Waals surface area contributed by atoms with Crippen LogP contribution in [0.5, 0.6) is 0 Å². The van der Waals surface area contributed by atoms with Crippen LogP contribution in [0.1, 0.15) is 33.1 Å². The van der Waals surface area contributed by atoms with E-state index in [1.165, 1.54) is 0 Å². The molecule has 7 nitrogen and oxygen atoms in total. The smallest absolute Gasteiger partial charge is 0.314 e. The van der Waals surface area contributed by atoms with E-state index in [0.717, 1.165) is 0 Å². The second-order valence-corrected chi connectivity index (χ2v) is 4.71. The third kappa shape index (κ3) is 7.48. The van der Waals surface area contributed by atoms with Crippen molar-refractivity contribution in [2.75, 3.05) is 13.1 Å². The number of amides is 3. The summed E-state index contributed by atoms with van der Waals surface area (Å²) in [5, 5.41) is 13.5. The fraction of sp³-hybridized carbons (Fsp3) is 0.727. The van der Waals surface area contributed by atoms with Crippen LogP contribution in [0.25, 0.3) is 0 Å². The Balaban J connectivity index is 3.67. The topological polar surface area (TPSA) is 122 Å². The van der Waals surface area contributed by atoms with E-state index in [1.807, 2.05) is 0 Å². The number of hydrogen-bond acceptors (Lipinski definition) is 3. The minimum Gasteiger partial charge on any atom is -0.481 e. The van der Waals surface area contributed by atoms with Gasteiger partial charge in [0.05, 0.1) is 5.41 Å². The van der Waals surface area contributed by atoms with Crippen molar-refractivity contribution in [2.24, 2.45) is 11.1 Å². The minimum absolute atomic E-state index is 0.0952. The van der Waals surface area contributed by atoms with E-state index in [4.69, 9.17) is 10.8 Å². The molecule has 104 valence electrons. The van der Waals surface area contributed by atoms with Crippen LogP contribution in [0, 0.1) is 5.41 Å². The minimum atomic E-state index is -0.845. The van der Waals surface area contributed by atoms with Crippen LogP contribution in [-0.4, -0.2) is 36.1 Å². The molecule has 5 N–H and O–H groups in total.